The van der Waals surface area contributed by atoms with Crippen LogP contribution in [0.3, 0.4) is 0 Å². The molecular formula is C24H20FN5O. The smallest absolute Gasteiger partial charge is 0.140 e. The number of benzene rings is 2. The van der Waals surface area contributed by atoms with Crippen LogP contribution in [0.5, 0.6) is 0 Å². The van der Waals surface area contributed by atoms with Crippen LogP contribution in [0.1, 0.15) is 31.4 Å². The number of fused-ring (bicyclic) bond motifs is 1. The first kappa shape index (κ1) is 19.2. The highest BCUT2D eigenvalue weighted by molar-refractivity contribution is 5.87. The summed E-state index contributed by atoms with van der Waals surface area (Å²) >= 11 is 0. The second-order valence-corrected chi connectivity index (χ2v) is 8.34. The lowest BCUT2D eigenvalue weighted by Crippen LogP contribution is -2.42. The summed E-state index contributed by atoms with van der Waals surface area (Å²) in [7, 11) is 0. The van der Waals surface area contributed by atoms with Crippen molar-refractivity contribution in [1.29, 1.82) is 5.26 Å². The monoisotopic (exact) mass is 413 g/mol. The molecule has 1 aliphatic carbocycles. The fraction of sp³-hybridized carbons (Fsp3) is 0.208. The van der Waals surface area contributed by atoms with E-state index in [9.17, 15) is 14.8 Å². The largest absolute Gasteiger partial charge is 0.390 e. The predicted molar refractivity (Wildman–Crippen MR) is 116 cm³/mol. The number of aromatic nitrogens is 3. The zero-order valence-electron chi connectivity index (χ0n) is 16.9. The third-order valence-electron chi connectivity index (χ3n) is 5.86. The summed E-state index contributed by atoms with van der Waals surface area (Å²) < 4.78 is 14.9. The average molecular weight is 413 g/mol. The van der Waals surface area contributed by atoms with E-state index < -0.39 is 5.60 Å². The van der Waals surface area contributed by atoms with Crippen LogP contribution in [0.4, 0.5) is 10.2 Å². The maximum absolute atomic E-state index is 13.3. The topological polar surface area (TPSA) is 101 Å². The minimum absolute atomic E-state index is 0.0282. The fourth-order valence-electron chi connectivity index (χ4n) is 4.21. The second kappa shape index (κ2) is 6.89. The molecule has 0 spiro atoms. The van der Waals surface area contributed by atoms with Crippen LogP contribution in [0.15, 0.2) is 54.6 Å². The Morgan fingerprint density at radius 2 is 1.81 bits per heavy atom. The first-order chi connectivity index (χ1) is 14.8. The van der Waals surface area contributed by atoms with Crippen LogP contribution in [-0.4, -0.2) is 25.5 Å². The Morgan fingerprint density at radius 3 is 2.48 bits per heavy atom. The summed E-state index contributed by atoms with van der Waals surface area (Å²) in [5.41, 5.74) is 9.35. The number of hydrogen-bond donors (Lipinski definition) is 2. The summed E-state index contributed by atoms with van der Waals surface area (Å²) in [4.78, 5) is 4.72. The Hall–Kier alpha value is -3.76. The van der Waals surface area contributed by atoms with Crippen molar-refractivity contribution in [2.75, 3.05) is 5.73 Å². The highest BCUT2D eigenvalue weighted by Crippen LogP contribution is 2.43. The SMILES string of the molecule is CC1(O)CC(n2nc(-c3ccc4ccc(-c5ccc(F)cc5)nc4c3)c(C#N)c2N)C1. The van der Waals surface area contributed by atoms with E-state index in [1.54, 1.807) is 23.7 Å². The van der Waals surface area contributed by atoms with Gasteiger partial charge in [0.1, 0.15) is 29.0 Å². The molecule has 5 rings (SSSR count). The van der Waals surface area contributed by atoms with Crippen molar-refractivity contribution in [2.45, 2.75) is 31.4 Å². The molecule has 3 N–H and O–H groups in total. The number of nitrogens with zero attached hydrogens (tertiary/aromatic N) is 4. The van der Waals surface area contributed by atoms with Gasteiger partial charge in [0.15, 0.2) is 0 Å². The molecule has 0 saturated heterocycles. The van der Waals surface area contributed by atoms with E-state index in [1.807, 2.05) is 30.3 Å². The molecule has 2 aromatic heterocycles. The van der Waals surface area contributed by atoms with E-state index in [-0.39, 0.29) is 11.9 Å². The van der Waals surface area contributed by atoms with Gasteiger partial charge in [-0.25, -0.2) is 14.1 Å². The van der Waals surface area contributed by atoms with Gasteiger partial charge < -0.3 is 10.8 Å². The zero-order valence-corrected chi connectivity index (χ0v) is 16.9. The van der Waals surface area contributed by atoms with Gasteiger partial charge in [0.05, 0.1) is 22.9 Å². The van der Waals surface area contributed by atoms with Gasteiger partial charge in [-0.2, -0.15) is 10.4 Å². The van der Waals surface area contributed by atoms with Gasteiger partial charge >= 0.3 is 0 Å². The summed E-state index contributed by atoms with van der Waals surface area (Å²) in [5, 5.41) is 25.3. The van der Waals surface area contributed by atoms with Gasteiger partial charge in [0.25, 0.3) is 0 Å². The van der Waals surface area contributed by atoms with E-state index in [2.05, 4.69) is 11.2 Å². The lowest BCUT2D eigenvalue weighted by atomic mass is 9.77. The van der Waals surface area contributed by atoms with Gasteiger partial charge in [0, 0.05) is 16.5 Å². The van der Waals surface area contributed by atoms with Gasteiger partial charge in [-0.1, -0.05) is 18.2 Å². The van der Waals surface area contributed by atoms with Gasteiger partial charge in [-0.15, -0.1) is 0 Å². The van der Waals surface area contributed by atoms with Crippen LogP contribution >= 0.6 is 0 Å². The molecule has 31 heavy (non-hydrogen) atoms. The quantitative estimate of drug-likeness (QED) is 0.517. The number of aliphatic hydroxyl groups is 1. The van der Waals surface area contributed by atoms with Gasteiger partial charge in [0.2, 0.25) is 0 Å². The molecule has 0 amide bonds. The standard InChI is InChI=1S/C24H20FN5O/c1-24(31)11-18(12-24)30-23(27)19(13-26)22(29-30)16-3-2-15-6-9-20(28-21(15)10-16)14-4-7-17(25)8-5-14/h2-10,18,31H,11-12,27H2,1H3. The van der Waals surface area contributed by atoms with E-state index in [0.29, 0.717) is 29.9 Å². The van der Waals surface area contributed by atoms with E-state index in [1.165, 1.54) is 12.1 Å². The first-order valence-electron chi connectivity index (χ1n) is 10.0. The molecule has 0 radical (unpaired) electrons. The molecule has 6 nitrogen and oxygen atoms in total. The van der Waals surface area contributed by atoms with E-state index in [4.69, 9.17) is 10.7 Å². The second-order valence-electron chi connectivity index (χ2n) is 8.34. The molecule has 4 aromatic rings. The van der Waals surface area contributed by atoms with Crippen molar-refractivity contribution in [3.05, 3.63) is 66.0 Å². The fourth-order valence-corrected chi connectivity index (χ4v) is 4.21. The van der Waals surface area contributed by atoms with Crippen molar-refractivity contribution in [2.24, 2.45) is 0 Å². The van der Waals surface area contributed by atoms with E-state index >= 15 is 0 Å². The van der Waals surface area contributed by atoms with Crippen molar-refractivity contribution in [1.82, 2.24) is 14.8 Å². The van der Waals surface area contributed by atoms with Gasteiger partial charge in [-0.05, 0) is 56.2 Å². The van der Waals surface area contributed by atoms with Crippen molar-refractivity contribution in [3.63, 3.8) is 0 Å². The molecule has 1 aliphatic rings. The maximum Gasteiger partial charge on any atom is 0.140 e. The van der Waals surface area contributed by atoms with Crippen LogP contribution in [-0.2, 0) is 0 Å². The molecule has 0 bridgehead atoms. The molecule has 7 heteroatoms. The maximum atomic E-state index is 13.3. The van der Waals surface area contributed by atoms with Crippen molar-refractivity contribution < 1.29 is 9.50 Å². The van der Waals surface area contributed by atoms with Crippen LogP contribution in [0, 0.1) is 17.1 Å². The number of anilines is 1. The summed E-state index contributed by atoms with van der Waals surface area (Å²) in [6.45, 7) is 1.78. The Bertz CT molecular complexity index is 1340. The number of pyridine rings is 1. The van der Waals surface area contributed by atoms with E-state index in [0.717, 1.165) is 27.7 Å². The number of rotatable bonds is 3. The molecule has 1 fully saturated rings. The Kier molecular flexibility index (Phi) is 4.27. The number of halogens is 1. The highest BCUT2D eigenvalue weighted by atomic mass is 19.1. The average Bonchev–Trinajstić information content (AvgIpc) is 3.07. The van der Waals surface area contributed by atoms with Crippen LogP contribution in [0.2, 0.25) is 0 Å². The third kappa shape index (κ3) is 3.31. The Balaban J connectivity index is 1.57. The lowest BCUT2D eigenvalue weighted by Gasteiger charge is -2.41. The minimum Gasteiger partial charge on any atom is -0.390 e. The number of nitrogen functional groups attached to an aromatic ring is 1. The lowest BCUT2D eigenvalue weighted by molar-refractivity contribution is -0.0535. The summed E-state index contributed by atoms with van der Waals surface area (Å²) in [6.07, 6.45) is 1.09. The molecule has 154 valence electrons. The van der Waals surface area contributed by atoms with Crippen LogP contribution < -0.4 is 5.73 Å². The predicted octanol–water partition coefficient (Wildman–Crippen LogP) is 4.44. The highest BCUT2D eigenvalue weighted by Gasteiger charge is 2.41. The molecule has 2 heterocycles. The molecule has 2 aromatic carbocycles. The summed E-state index contributed by atoms with van der Waals surface area (Å²) in [6, 6.07) is 17.9. The van der Waals surface area contributed by atoms with Gasteiger partial charge in [-0.3, -0.25) is 0 Å². The first-order valence-corrected chi connectivity index (χ1v) is 10.0. The molecule has 1 saturated carbocycles. The molecular weight excluding hydrogens is 393 g/mol. The third-order valence-corrected chi connectivity index (χ3v) is 5.86. The molecule has 0 aliphatic heterocycles. The molecule has 0 atom stereocenters. The molecule has 0 unspecified atom stereocenters. The van der Waals surface area contributed by atoms with Crippen molar-refractivity contribution in [3.8, 4) is 28.6 Å². The zero-order chi connectivity index (χ0) is 21.8. The Labute approximate surface area is 178 Å². The van der Waals surface area contributed by atoms with Crippen molar-refractivity contribution >= 4 is 16.7 Å². The number of nitrogens with two attached hydrogens (primary N) is 1. The van der Waals surface area contributed by atoms with Crippen LogP contribution in [0.25, 0.3) is 33.4 Å². The number of nitriles is 1. The summed E-state index contributed by atoms with van der Waals surface area (Å²) in [5.74, 6) is 0.0168. The normalized spacial score (nSPS) is 20.4. The number of hydrogen-bond acceptors (Lipinski definition) is 5. The minimum atomic E-state index is -0.723. The Morgan fingerprint density at radius 1 is 1.13 bits per heavy atom.